The summed E-state index contributed by atoms with van der Waals surface area (Å²) in [6.07, 6.45) is 1.94. The molecule has 0 saturated heterocycles. The number of nitrogens with zero attached hydrogens (tertiary/aromatic N) is 2. The summed E-state index contributed by atoms with van der Waals surface area (Å²) in [7, 11) is 2.07. The molecule has 0 spiro atoms. The Hall–Kier alpha value is -0.340. The lowest BCUT2D eigenvalue weighted by atomic mass is 9.94. The molecule has 6 heteroatoms. The van der Waals surface area contributed by atoms with Crippen molar-refractivity contribution in [1.29, 1.82) is 0 Å². The molecule has 0 bridgehead atoms. The van der Waals surface area contributed by atoms with Crippen molar-refractivity contribution in [1.82, 2.24) is 10.2 Å². The molecule has 2 N–H and O–H groups in total. The monoisotopic (exact) mass is 453 g/mol. The van der Waals surface area contributed by atoms with Gasteiger partial charge in [-0.2, -0.15) is 11.3 Å². The number of hydrogen-bond donors (Lipinski definition) is 2. The van der Waals surface area contributed by atoms with Gasteiger partial charge in [0.05, 0.1) is 0 Å². The number of guanidine groups is 1. The molecule has 134 valence electrons. The van der Waals surface area contributed by atoms with Gasteiger partial charge in [-0.3, -0.25) is 4.99 Å². The minimum atomic E-state index is 0. The lowest BCUT2D eigenvalue weighted by Crippen LogP contribution is -2.38. The fourth-order valence-electron chi connectivity index (χ4n) is 2.55. The van der Waals surface area contributed by atoms with Gasteiger partial charge >= 0.3 is 0 Å². The van der Waals surface area contributed by atoms with Crippen molar-refractivity contribution >= 4 is 41.3 Å². The standard InChI is InChI=1S/C17H31N3OS.HI/c1-5-18-17(20(4)12-16-7-9-22-13-16)19-11-15(6-8-21)10-14(2)3;/h7,9,13-15,21H,5-6,8,10-12H2,1-4H3,(H,18,19);1H. The van der Waals surface area contributed by atoms with Crippen molar-refractivity contribution in [3.8, 4) is 0 Å². The Morgan fingerprint density at radius 3 is 2.70 bits per heavy atom. The van der Waals surface area contributed by atoms with Crippen LogP contribution in [0.1, 0.15) is 39.2 Å². The van der Waals surface area contributed by atoms with Gasteiger partial charge in [0.1, 0.15) is 0 Å². The van der Waals surface area contributed by atoms with Gasteiger partial charge in [-0.15, -0.1) is 24.0 Å². The van der Waals surface area contributed by atoms with Gasteiger partial charge < -0.3 is 15.3 Å². The first-order valence-corrected chi connectivity index (χ1v) is 9.12. The maximum atomic E-state index is 9.23. The van der Waals surface area contributed by atoms with E-state index in [0.717, 1.165) is 38.4 Å². The Balaban J connectivity index is 0.00000484. The summed E-state index contributed by atoms with van der Waals surface area (Å²) in [5, 5.41) is 16.9. The molecular formula is C17H32IN3OS. The number of aliphatic hydroxyl groups excluding tert-OH is 1. The largest absolute Gasteiger partial charge is 0.396 e. The Kier molecular flexibility index (Phi) is 12.8. The molecule has 1 atom stereocenters. The van der Waals surface area contributed by atoms with Crippen LogP contribution in [0.4, 0.5) is 0 Å². The fraction of sp³-hybridized carbons (Fsp3) is 0.706. The summed E-state index contributed by atoms with van der Waals surface area (Å²) in [6.45, 7) is 9.28. The zero-order chi connectivity index (χ0) is 16.4. The molecule has 1 rings (SSSR count). The van der Waals surface area contributed by atoms with Crippen LogP contribution >= 0.6 is 35.3 Å². The number of thiophene rings is 1. The Morgan fingerprint density at radius 2 is 2.17 bits per heavy atom. The molecule has 1 aromatic heterocycles. The third-order valence-corrected chi connectivity index (χ3v) is 4.27. The predicted molar refractivity (Wildman–Crippen MR) is 112 cm³/mol. The van der Waals surface area contributed by atoms with E-state index in [1.165, 1.54) is 5.56 Å². The van der Waals surface area contributed by atoms with E-state index in [-0.39, 0.29) is 30.6 Å². The third kappa shape index (κ3) is 9.52. The maximum Gasteiger partial charge on any atom is 0.193 e. The summed E-state index contributed by atoms with van der Waals surface area (Å²) >= 11 is 1.72. The van der Waals surface area contributed by atoms with Crippen LogP contribution in [0.2, 0.25) is 0 Å². The van der Waals surface area contributed by atoms with Crippen molar-refractivity contribution in [3.63, 3.8) is 0 Å². The van der Waals surface area contributed by atoms with Crippen LogP contribution in [0.5, 0.6) is 0 Å². The smallest absolute Gasteiger partial charge is 0.193 e. The highest BCUT2D eigenvalue weighted by Crippen LogP contribution is 2.16. The highest BCUT2D eigenvalue weighted by molar-refractivity contribution is 14.0. The molecule has 0 aromatic carbocycles. The number of hydrogen-bond acceptors (Lipinski definition) is 3. The van der Waals surface area contributed by atoms with E-state index >= 15 is 0 Å². The molecule has 1 heterocycles. The summed E-state index contributed by atoms with van der Waals surface area (Å²) in [6, 6.07) is 2.15. The average molecular weight is 453 g/mol. The number of rotatable bonds is 9. The number of aliphatic imine (C=N–C) groups is 1. The molecule has 0 aliphatic heterocycles. The molecule has 4 nitrogen and oxygen atoms in total. The maximum absolute atomic E-state index is 9.23. The van der Waals surface area contributed by atoms with E-state index in [9.17, 15) is 5.11 Å². The molecule has 1 unspecified atom stereocenters. The van der Waals surface area contributed by atoms with E-state index in [1.807, 2.05) is 0 Å². The zero-order valence-corrected chi connectivity index (χ0v) is 17.9. The van der Waals surface area contributed by atoms with Crippen LogP contribution in [0, 0.1) is 11.8 Å². The Morgan fingerprint density at radius 1 is 1.43 bits per heavy atom. The van der Waals surface area contributed by atoms with Crippen molar-refractivity contribution in [3.05, 3.63) is 22.4 Å². The molecule has 23 heavy (non-hydrogen) atoms. The van der Waals surface area contributed by atoms with Gasteiger partial charge in [-0.05, 0) is 54.0 Å². The quantitative estimate of drug-likeness (QED) is 0.340. The summed E-state index contributed by atoms with van der Waals surface area (Å²) in [5.74, 6) is 2.03. The third-order valence-electron chi connectivity index (χ3n) is 3.54. The van der Waals surface area contributed by atoms with Gasteiger partial charge in [0.2, 0.25) is 0 Å². The van der Waals surface area contributed by atoms with Gasteiger partial charge in [0.15, 0.2) is 5.96 Å². The minimum absolute atomic E-state index is 0. The fourth-order valence-corrected chi connectivity index (χ4v) is 3.21. The predicted octanol–water partition coefficient (Wildman–Crippen LogP) is 3.81. The molecule has 1 aromatic rings. The van der Waals surface area contributed by atoms with Gasteiger partial charge in [-0.1, -0.05) is 13.8 Å². The van der Waals surface area contributed by atoms with E-state index in [0.29, 0.717) is 11.8 Å². The number of nitrogens with one attached hydrogen (secondary N) is 1. The second-order valence-electron chi connectivity index (χ2n) is 6.19. The molecular weight excluding hydrogens is 421 g/mol. The average Bonchev–Trinajstić information content (AvgIpc) is 2.95. The Bertz CT molecular complexity index is 423. The SMILES string of the molecule is CCNC(=NCC(CCO)CC(C)C)N(C)Cc1ccsc1.I. The van der Waals surface area contributed by atoms with Crippen LogP contribution in [-0.2, 0) is 6.54 Å². The van der Waals surface area contributed by atoms with Crippen LogP contribution in [0.3, 0.4) is 0 Å². The van der Waals surface area contributed by atoms with Gasteiger partial charge in [-0.25, -0.2) is 0 Å². The van der Waals surface area contributed by atoms with E-state index in [2.05, 4.69) is 54.9 Å². The molecule has 0 aliphatic rings. The highest BCUT2D eigenvalue weighted by Gasteiger charge is 2.12. The Labute approximate surface area is 162 Å². The lowest BCUT2D eigenvalue weighted by Gasteiger charge is -2.23. The summed E-state index contributed by atoms with van der Waals surface area (Å²) in [5.41, 5.74) is 1.31. The van der Waals surface area contributed by atoms with Crippen LogP contribution < -0.4 is 5.32 Å². The summed E-state index contributed by atoms with van der Waals surface area (Å²) in [4.78, 5) is 6.95. The van der Waals surface area contributed by atoms with Gasteiger partial charge in [0, 0.05) is 33.3 Å². The second-order valence-corrected chi connectivity index (χ2v) is 6.97. The molecule has 0 amide bonds. The number of aliphatic hydroxyl groups is 1. The topological polar surface area (TPSA) is 47.9 Å². The van der Waals surface area contributed by atoms with Crippen molar-refractivity contribution < 1.29 is 5.11 Å². The van der Waals surface area contributed by atoms with E-state index in [4.69, 9.17) is 4.99 Å². The first kappa shape index (κ1) is 22.7. The highest BCUT2D eigenvalue weighted by atomic mass is 127. The minimum Gasteiger partial charge on any atom is -0.396 e. The number of halogens is 1. The lowest BCUT2D eigenvalue weighted by molar-refractivity contribution is 0.245. The van der Waals surface area contributed by atoms with Crippen molar-refractivity contribution in [2.24, 2.45) is 16.8 Å². The van der Waals surface area contributed by atoms with Crippen molar-refractivity contribution in [2.45, 2.75) is 40.2 Å². The van der Waals surface area contributed by atoms with Crippen LogP contribution in [0.25, 0.3) is 0 Å². The van der Waals surface area contributed by atoms with E-state index < -0.39 is 0 Å². The molecule has 0 fully saturated rings. The van der Waals surface area contributed by atoms with Gasteiger partial charge in [0.25, 0.3) is 0 Å². The molecule has 0 aliphatic carbocycles. The molecule has 0 radical (unpaired) electrons. The van der Waals surface area contributed by atoms with E-state index in [1.54, 1.807) is 11.3 Å². The first-order chi connectivity index (χ1) is 10.6. The first-order valence-electron chi connectivity index (χ1n) is 8.18. The molecule has 0 saturated carbocycles. The van der Waals surface area contributed by atoms with Crippen LogP contribution in [0.15, 0.2) is 21.8 Å². The second kappa shape index (κ2) is 13.0. The normalized spacial score (nSPS) is 12.9. The van der Waals surface area contributed by atoms with Crippen LogP contribution in [-0.4, -0.2) is 42.7 Å². The van der Waals surface area contributed by atoms with Crippen molar-refractivity contribution in [2.75, 3.05) is 26.7 Å². The zero-order valence-electron chi connectivity index (χ0n) is 14.8. The summed E-state index contributed by atoms with van der Waals surface area (Å²) < 4.78 is 0.